The van der Waals surface area contributed by atoms with E-state index in [9.17, 15) is 4.79 Å². The van der Waals surface area contributed by atoms with Gasteiger partial charge in [-0.3, -0.25) is 4.79 Å². The SMILES string of the molecule is CCSc1nc(N)c2c(n1)NC1=C(C(=O)CC(C)(C)C1)[C@H]2c1cccs1. The van der Waals surface area contributed by atoms with Gasteiger partial charge in [-0.2, -0.15) is 0 Å². The molecular weight excluding hydrogens is 364 g/mol. The largest absolute Gasteiger partial charge is 0.383 e. The number of carbonyl (C=O) groups excluding carboxylic acids is 1. The van der Waals surface area contributed by atoms with Gasteiger partial charge in [0.25, 0.3) is 0 Å². The van der Waals surface area contributed by atoms with Crippen molar-refractivity contribution in [1.29, 1.82) is 0 Å². The van der Waals surface area contributed by atoms with Crippen molar-refractivity contribution < 1.29 is 4.79 Å². The van der Waals surface area contributed by atoms with Crippen molar-refractivity contribution in [3.63, 3.8) is 0 Å². The van der Waals surface area contributed by atoms with Gasteiger partial charge in [-0.1, -0.05) is 38.6 Å². The average molecular weight is 387 g/mol. The van der Waals surface area contributed by atoms with Crippen molar-refractivity contribution in [2.45, 2.75) is 44.7 Å². The zero-order valence-electron chi connectivity index (χ0n) is 15.1. The van der Waals surface area contributed by atoms with E-state index in [1.807, 2.05) is 11.4 Å². The van der Waals surface area contributed by atoms with Gasteiger partial charge in [-0.05, 0) is 29.0 Å². The summed E-state index contributed by atoms with van der Waals surface area (Å²) in [6.45, 7) is 6.34. The fraction of sp³-hybridized carbons (Fsp3) is 0.421. The van der Waals surface area contributed by atoms with Crippen LogP contribution in [0.3, 0.4) is 0 Å². The van der Waals surface area contributed by atoms with Crippen LogP contribution >= 0.6 is 23.1 Å². The van der Waals surface area contributed by atoms with Crippen LogP contribution in [0.5, 0.6) is 0 Å². The number of thiophene rings is 1. The van der Waals surface area contributed by atoms with Crippen molar-refractivity contribution in [3.05, 3.63) is 39.2 Å². The van der Waals surface area contributed by atoms with Crippen LogP contribution in [0.2, 0.25) is 0 Å². The average Bonchev–Trinajstić information content (AvgIpc) is 3.06. The number of nitrogens with one attached hydrogen (secondary N) is 1. The molecule has 0 spiro atoms. The van der Waals surface area contributed by atoms with Crippen molar-refractivity contribution in [2.75, 3.05) is 16.8 Å². The molecule has 0 bridgehead atoms. The molecule has 0 fully saturated rings. The zero-order chi connectivity index (χ0) is 18.5. The summed E-state index contributed by atoms with van der Waals surface area (Å²) in [5.74, 6) is 2.10. The van der Waals surface area contributed by atoms with Gasteiger partial charge in [0.15, 0.2) is 10.9 Å². The standard InChI is InChI=1S/C19H22N4OS2/c1-4-25-18-22-16(20)15-14(12-6-5-7-26-12)13-10(21-17(15)23-18)8-19(2,3)9-11(13)24/h5-7,14H,4,8-9H2,1-3H3,(H3,20,21,22,23)/t14-/m1/s1. The summed E-state index contributed by atoms with van der Waals surface area (Å²) in [7, 11) is 0. The Morgan fingerprint density at radius 2 is 2.19 bits per heavy atom. The van der Waals surface area contributed by atoms with Gasteiger partial charge in [-0.15, -0.1) is 11.3 Å². The Morgan fingerprint density at radius 3 is 2.88 bits per heavy atom. The molecule has 0 amide bonds. The van der Waals surface area contributed by atoms with E-state index in [2.05, 4.69) is 37.1 Å². The first-order chi connectivity index (χ1) is 12.4. The van der Waals surface area contributed by atoms with Gasteiger partial charge in [0.2, 0.25) is 0 Å². The molecule has 0 saturated carbocycles. The van der Waals surface area contributed by atoms with Crippen LogP contribution in [0.1, 0.15) is 50.0 Å². The molecule has 0 unspecified atom stereocenters. The second-order valence-electron chi connectivity index (χ2n) is 7.49. The number of rotatable bonds is 3. The summed E-state index contributed by atoms with van der Waals surface area (Å²) in [4.78, 5) is 23.4. The molecule has 1 aliphatic heterocycles. The van der Waals surface area contributed by atoms with Crippen LogP contribution in [0.4, 0.5) is 11.6 Å². The minimum absolute atomic E-state index is 0.0556. The molecule has 136 valence electrons. The van der Waals surface area contributed by atoms with Crippen LogP contribution in [0, 0.1) is 5.41 Å². The molecule has 26 heavy (non-hydrogen) atoms. The highest BCUT2D eigenvalue weighted by atomic mass is 32.2. The molecule has 1 aliphatic carbocycles. The molecule has 1 atom stereocenters. The van der Waals surface area contributed by atoms with Gasteiger partial charge in [-0.25, -0.2) is 9.97 Å². The molecule has 3 N–H and O–H groups in total. The number of nitrogens with two attached hydrogens (primary N) is 1. The number of nitrogens with zero attached hydrogens (tertiary/aromatic N) is 2. The summed E-state index contributed by atoms with van der Waals surface area (Å²) < 4.78 is 0. The number of fused-ring (bicyclic) bond motifs is 1. The quantitative estimate of drug-likeness (QED) is 0.600. The van der Waals surface area contributed by atoms with E-state index in [1.54, 1.807) is 23.1 Å². The second-order valence-corrected chi connectivity index (χ2v) is 9.70. The lowest BCUT2D eigenvalue weighted by Gasteiger charge is -2.38. The highest BCUT2D eigenvalue weighted by Gasteiger charge is 2.42. The first-order valence-electron chi connectivity index (χ1n) is 8.76. The van der Waals surface area contributed by atoms with Crippen LogP contribution in [-0.4, -0.2) is 21.5 Å². The van der Waals surface area contributed by atoms with Gasteiger partial charge < -0.3 is 11.1 Å². The van der Waals surface area contributed by atoms with E-state index in [-0.39, 0.29) is 17.1 Å². The van der Waals surface area contributed by atoms with E-state index in [0.29, 0.717) is 17.4 Å². The predicted molar refractivity (Wildman–Crippen MR) is 108 cm³/mol. The van der Waals surface area contributed by atoms with E-state index < -0.39 is 0 Å². The fourth-order valence-electron chi connectivity index (χ4n) is 3.85. The smallest absolute Gasteiger partial charge is 0.191 e. The molecule has 0 saturated heterocycles. The molecule has 5 nitrogen and oxygen atoms in total. The Kier molecular flexibility index (Phi) is 4.31. The summed E-state index contributed by atoms with van der Waals surface area (Å²) in [6.07, 6.45) is 1.38. The minimum Gasteiger partial charge on any atom is -0.383 e. The molecule has 7 heteroatoms. The summed E-state index contributed by atoms with van der Waals surface area (Å²) in [5, 5.41) is 6.14. The number of hydrogen-bond donors (Lipinski definition) is 2. The van der Waals surface area contributed by atoms with Crippen LogP contribution in [0.15, 0.2) is 33.9 Å². The van der Waals surface area contributed by atoms with Crippen LogP contribution < -0.4 is 11.1 Å². The Morgan fingerprint density at radius 1 is 1.38 bits per heavy atom. The Labute approximate surface area is 161 Å². The number of aromatic nitrogens is 2. The lowest BCUT2D eigenvalue weighted by Crippen LogP contribution is -2.34. The van der Waals surface area contributed by atoms with Crippen molar-refractivity contribution >= 4 is 40.5 Å². The third-order valence-corrected chi connectivity index (χ3v) is 6.49. The maximum atomic E-state index is 13.1. The number of ketones is 1. The minimum atomic E-state index is -0.175. The molecule has 3 heterocycles. The molecule has 2 aromatic rings. The molecular formula is C19H22N4OS2. The highest BCUT2D eigenvalue weighted by molar-refractivity contribution is 7.99. The summed E-state index contributed by atoms with van der Waals surface area (Å²) in [5.41, 5.74) is 8.96. The maximum Gasteiger partial charge on any atom is 0.191 e. The Balaban J connectivity index is 1.92. The van der Waals surface area contributed by atoms with Crippen molar-refractivity contribution in [3.8, 4) is 0 Å². The van der Waals surface area contributed by atoms with Gasteiger partial charge in [0, 0.05) is 28.1 Å². The third-order valence-electron chi connectivity index (χ3n) is 4.82. The topological polar surface area (TPSA) is 80.9 Å². The second kappa shape index (κ2) is 6.39. The lowest BCUT2D eigenvalue weighted by molar-refractivity contribution is -0.118. The van der Waals surface area contributed by atoms with Gasteiger partial charge >= 0.3 is 0 Å². The van der Waals surface area contributed by atoms with Crippen LogP contribution in [0.25, 0.3) is 0 Å². The van der Waals surface area contributed by atoms with Crippen molar-refractivity contribution in [1.82, 2.24) is 9.97 Å². The fourth-order valence-corrected chi connectivity index (χ4v) is 5.27. The number of allylic oxidation sites excluding steroid dienone is 2. The molecule has 0 radical (unpaired) electrons. The number of anilines is 2. The number of Topliss-reactive ketones (excluding diaryl/α,β-unsaturated/α-hetero) is 1. The monoisotopic (exact) mass is 386 g/mol. The zero-order valence-corrected chi connectivity index (χ0v) is 16.8. The molecule has 2 aliphatic rings. The summed E-state index contributed by atoms with van der Waals surface area (Å²) >= 11 is 3.21. The predicted octanol–water partition coefficient (Wildman–Crippen LogP) is 4.43. The van der Waals surface area contributed by atoms with E-state index in [0.717, 1.165) is 39.7 Å². The van der Waals surface area contributed by atoms with E-state index >= 15 is 0 Å². The highest BCUT2D eigenvalue weighted by Crippen LogP contribution is 2.50. The van der Waals surface area contributed by atoms with Gasteiger partial charge in [0.05, 0.1) is 5.92 Å². The first-order valence-corrected chi connectivity index (χ1v) is 10.6. The Bertz CT molecular complexity index is 903. The number of hydrogen-bond acceptors (Lipinski definition) is 7. The van der Waals surface area contributed by atoms with E-state index in [4.69, 9.17) is 10.7 Å². The molecule has 0 aromatic carbocycles. The normalized spacial score (nSPS) is 21.2. The van der Waals surface area contributed by atoms with Gasteiger partial charge in [0.1, 0.15) is 11.6 Å². The third kappa shape index (κ3) is 2.93. The summed E-state index contributed by atoms with van der Waals surface area (Å²) in [6, 6.07) is 4.08. The van der Waals surface area contributed by atoms with Crippen molar-refractivity contribution in [2.24, 2.45) is 5.41 Å². The molecule has 4 rings (SSSR count). The number of carbonyl (C=O) groups is 1. The Hall–Kier alpha value is -1.86. The first kappa shape index (κ1) is 17.5. The lowest BCUT2D eigenvalue weighted by atomic mass is 9.70. The maximum absolute atomic E-state index is 13.1. The number of nitrogen functional groups attached to an aromatic ring is 1. The van der Waals surface area contributed by atoms with Crippen LogP contribution in [-0.2, 0) is 4.79 Å². The van der Waals surface area contributed by atoms with E-state index in [1.165, 1.54) is 0 Å². The number of thioether (sulfide) groups is 1. The molecule has 2 aromatic heterocycles.